The molecule has 6 heteroatoms. The van der Waals surface area contributed by atoms with Gasteiger partial charge in [-0.2, -0.15) is 0 Å². The van der Waals surface area contributed by atoms with Crippen LogP contribution in [0.3, 0.4) is 0 Å². The van der Waals surface area contributed by atoms with Crippen LogP contribution in [0, 0.1) is 17.3 Å². The Balaban J connectivity index is 2.63. The monoisotopic (exact) mass is 449 g/mol. The number of Topliss-reactive ketones (excluding diaryl/α,β-unsaturated/α-hetero) is 1. The van der Waals surface area contributed by atoms with E-state index in [1.807, 2.05) is 48.5 Å². The molecule has 174 valence electrons. The van der Waals surface area contributed by atoms with Crippen molar-refractivity contribution < 1.29 is 23.9 Å². The van der Waals surface area contributed by atoms with Crippen molar-refractivity contribution in [1.82, 2.24) is 5.32 Å². The molecular weight excluding hydrogens is 418 g/mol. The molecule has 0 aromatic heterocycles. The van der Waals surface area contributed by atoms with Gasteiger partial charge in [0.2, 0.25) is 0 Å². The summed E-state index contributed by atoms with van der Waals surface area (Å²) < 4.78 is 10.7. The van der Waals surface area contributed by atoms with Gasteiger partial charge in [0.05, 0.1) is 6.61 Å². The number of benzene rings is 2. The Morgan fingerprint density at radius 1 is 0.970 bits per heavy atom. The summed E-state index contributed by atoms with van der Waals surface area (Å²) in [7, 11) is 0. The number of esters is 1. The maximum absolute atomic E-state index is 13.3. The Hall–Kier alpha value is -3.59. The molecular formula is C27H31NO5. The summed E-state index contributed by atoms with van der Waals surface area (Å²) in [5.74, 6) is 4.72. The summed E-state index contributed by atoms with van der Waals surface area (Å²) >= 11 is 0. The summed E-state index contributed by atoms with van der Waals surface area (Å²) in [6, 6.07) is 17.0. The van der Waals surface area contributed by atoms with Crippen LogP contribution in [0.5, 0.6) is 0 Å². The lowest BCUT2D eigenvalue weighted by atomic mass is 9.72. The third-order valence-electron chi connectivity index (χ3n) is 4.88. The molecule has 0 saturated carbocycles. The van der Waals surface area contributed by atoms with Crippen molar-refractivity contribution in [3.8, 4) is 11.8 Å². The fourth-order valence-corrected chi connectivity index (χ4v) is 3.33. The summed E-state index contributed by atoms with van der Waals surface area (Å²) in [6.07, 6.45) is -0.774. The predicted octanol–water partition coefficient (Wildman–Crippen LogP) is 4.31. The van der Waals surface area contributed by atoms with Crippen molar-refractivity contribution >= 4 is 17.8 Å². The second kappa shape index (κ2) is 11.3. The molecule has 2 unspecified atom stereocenters. The maximum Gasteiger partial charge on any atom is 0.408 e. The fraction of sp³-hybridized carbons (Fsp3) is 0.370. The second-order valence-corrected chi connectivity index (χ2v) is 8.62. The van der Waals surface area contributed by atoms with E-state index in [2.05, 4.69) is 17.2 Å². The highest BCUT2D eigenvalue weighted by atomic mass is 16.6. The van der Waals surface area contributed by atoms with E-state index in [-0.39, 0.29) is 13.0 Å². The van der Waals surface area contributed by atoms with Crippen molar-refractivity contribution in [2.75, 3.05) is 6.61 Å². The SMILES string of the molecule is CCOC(=O)C(Cc1ccccc1)(C(C)=O)C(C#Cc1ccccc1)NC(=O)OC(C)(C)C. The number of hydrogen-bond acceptors (Lipinski definition) is 5. The Bertz CT molecular complexity index is 1020. The van der Waals surface area contributed by atoms with Crippen molar-refractivity contribution in [3.05, 3.63) is 71.8 Å². The van der Waals surface area contributed by atoms with Gasteiger partial charge in [-0.05, 0) is 58.7 Å². The van der Waals surface area contributed by atoms with Gasteiger partial charge < -0.3 is 14.8 Å². The van der Waals surface area contributed by atoms with Gasteiger partial charge in [-0.1, -0.05) is 60.4 Å². The maximum atomic E-state index is 13.3. The summed E-state index contributed by atoms with van der Waals surface area (Å²) in [6.45, 7) is 8.24. The predicted molar refractivity (Wildman–Crippen MR) is 126 cm³/mol. The number of hydrogen-bond donors (Lipinski definition) is 1. The van der Waals surface area contributed by atoms with E-state index in [9.17, 15) is 14.4 Å². The summed E-state index contributed by atoms with van der Waals surface area (Å²) in [5, 5.41) is 2.67. The van der Waals surface area contributed by atoms with Crippen molar-refractivity contribution in [1.29, 1.82) is 0 Å². The van der Waals surface area contributed by atoms with Gasteiger partial charge >= 0.3 is 12.1 Å². The molecule has 33 heavy (non-hydrogen) atoms. The van der Waals surface area contributed by atoms with Crippen molar-refractivity contribution in [2.24, 2.45) is 5.41 Å². The molecule has 1 amide bonds. The van der Waals surface area contributed by atoms with Gasteiger partial charge in [-0.15, -0.1) is 0 Å². The topological polar surface area (TPSA) is 81.7 Å². The first kappa shape index (κ1) is 25.7. The zero-order chi connectivity index (χ0) is 24.5. The number of alkyl carbamates (subject to hydrolysis) is 1. The van der Waals surface area contributed by atoms with Crippen molar-refractivity contribution in [3.63, 3.8) is 0 Å². The van der Waals surface area contributed by atoms with Gasteiger partial charge in [0, 0.05) is 5.56 Å². The molecule has 0 aliphatic carbocycles. The Morgan fingerprint density at radius 2 is 1.55 bits per heavy atom. The highest BCUT2D eigenvalue weighted by Gasteiger charge is 2.52. The quantitative estimate of drug-likeness (QED) is 0.387. The normalized spacial score (nSPS) is 13.5. The number of carbonyl (C=O) groups excluding carboxylic acids is 3. The van der Waals surface area contributed by atoms with Crippen LogP contribution in [0.15, 0.2) is 60.7 Å². The largest absolute Gasteiger partial charge is 0.465 e. The number of ether oxygens (including phenoxy) is 2. The minimum atomic E-state index is -1.77. The Kier molecular flexibility index (Phi) is 8.81. The van der Waals surface area contributed by atoms with Gasteiger partial charge in [0.15, 0.2) is 11.2 Å². The molecule has 0 radical (unpaired) electrons. The average Bonchev–Trinajstić information content (AvgIpc) is 2.75. The van der Waals surface area contributed by atoms with E-state index in [0.29, 0.717) is 5.56 Å². The number of ketones is 1. The molecule has 0 fully saturated rings. The lowest BCUT2D eigenvalue weighted by molar-refractivity contribution is -0.160. The molecule has 6 nitrogen and oxygen atoms in total. The molecule has 1 N–H and O–H groups in total. The van der Waals surface area contributed by atoms with Crippen LogP contribution < -0.4 is 5.32 Å². The highest BCUT2D eigenvalue weighted by Crippen LogP contribution is 2.31. The van der Waals surface area contributed by atoms with Crippen LogP contribution in [0.4, 0.5) is 4.79 Å². The second-order valence-electron chi connectivity index (χ2n) is 8.62. The van der Waals surface area contributed by atoms with Gasteiger partial charge in [0.1, 0.15) is 11.6 Å². The lowest BCUT2D eigenvalue weighted by Gasteiger charge is -2.34. The van der Waals surface area contributed by atoms with Crippen molar-refractivity contribution in [2.45, 2.75) is 52.7 Å². The molecule has 0 aliphatic heterocycles. The number of nitrogens with one attached hydrogen (secondary N) is 1. The minimum absolute atomic E-state index is 0.00589. The molecule has 0 aliphatic rings. The summed E-state index contributed by atoms with van der Waals surface area (Å²) in [5.41, 5.74) is -1.13. The van der Waals surface area contributed by atoms with Gasteiger partial charge in [0.25, 0.3) is 0 Å². The zero-order valence-electron chi connectivity index (χ0n) is 19.8. The number of carbonyl (C=O) groups is 3. The van der Waals surface area contributed by atoms with Crippen LogP contribution >= 0.6 is 0 Å². The Labute approximate surface area is 195 Å². The van der Waals surface area contributed by atoms with Crippen LogP contribution in [-0.4, -0.2) is 36.1 Å². The van der Waals surface area contributed by atoms with Crippen LogP contribution in [-0.2, 0) is 25.5 Å². The average molecular weight is 450 g/mol. The molecule has 0 bridgehead atoms. The number of amides is 1. The smallest absolute Gasteiger partial charge is 0.408 e. The summed E-state index contributed by atoms with van der Waals surface area (Å²) in [4.78, 5) is 39.2. The van der Waals surface area contributed by atoms with Gasteiger partial charge in [-0.25, -0.2) is 4.79 Å². The van der Waals surface area contributed by atoms with E-state index in [1.165, 1.54) is 6.92 Å². The van der Waals surface area contributed by atoms with Crippen LogP contribution in [0.1, 0.15) is 45.7 Å². The Morgan fingerprint density at radius 3 is 2.06 bits per heavy atom. The lowest BCUT2D eigenvalue weighted by Crippen LogP contribution is -2.57. The molecule has 2 atom stereocenters. The van der Waals surface area contributed by atoms with E-state index >= 15 is 0 Å². The third kappa shape index (κ3) is 7.21. The van der Waals surface area contributed by atoms with E-state index in [4.69, 9.17) is 9.47 Å². The minimum Gasteiger partial charge on any atom is -0.465 e. The highest BCUT2D eigenvalue weighted by molar-refractivity contribution is 6.05. The van der Waals surface area contributed by atoms with E-state index in [0.717, 1.165) is 5.56 Å². The first-order valence-electron chi connectivity index (χ1n) is 10.9. The van der Waals surface area contributed by atoms with Crippen LogP contribution in [0.2, 0.25) is 0 Å². The molecule has 2 aromatic rings. The standard InChI is InChI=1S/C27H31NO5/c1-6-32-24(30)27(20(2)29,19-22-15-11-8-12-16-22)23(28-25(31)33-26(3,4)5)18-17-21-13-9-7-10-14-21/h7-16,23H,6,19H2,1-5H3,(H,28,31). The van der Waals surface area contributed by atoms with E-state index < -0.39 is 34.9 Å². The zero-order valence-corrected chi connectivity index (χ0v) is 19.8. The third-order valence-corrected chi connectivity index (χ3v) is 4.88. The molecule has 0 saturated heterocycles. The first-order chi connectivity index (χ1) is 15.6. The molecule has 2 rings (SSSR count). The molecule has 2 aromatic carbocycles. The molecule has 0 heterocycles. The first-order valence-corrected chi connectivity index (χ1v) is 10.9. The number of rotatable bonds is 7. The van der Waals surface area contributed by atoms with Gasteiger partial charge in [-0.3, -0.25) is 9.59 Å². The fourth-order valence-electron chi connectivity index (χ4n) is 3.33. The van der Waals surface area contributed by atoms with Crippen LogP contribution in [0.25, 0.3) is 0 Å². The molecule has 0 spiro atoms. The van der Waals surface area contributed by atoms with E-state index in [1.54, 1.807) is 39.8 Å².